The number of nitrogen functional groups attached to an aromatic ring is 1. The van der Waals surface area contributed by atoms with Gasteiger partial charge in [-0.3, -0.25) is 0 Å². The second-order valence-corrected chi connectivity index (χ2v) is 4.22. The molecule has 1 aromatic carbocycles. The minimum absolute atomic E-state index is 0.607. The SMILES string of the molecule is Nc1cc(COCC2CC2)ccc1Cl. The van der Waals surface area contributed by atoms with Crippen LogP contribution in [0.1, 0.15) is 18.4 Å². The summed E-state index contributed by atoms with van der Waals surface area (Å²) in [5.74, 6) is 0.805. The molecule has 0 amide bonds. The third-order valence-corrected chi connectivity index (χ3v) is 2.72. The molecular formula is C11H14ClNO. The van der Waals surface area contributed by atoms with E-state index in [9.17, 15) is 0 Å². The lowest BCUT2D eigenvalue weighted by molar-refractivity contribution is 0.111. The molecule has 2 rings (SSSR count). The zero-order valence-electron chi connectivity index (χ0n) is 8.00. The summed E-state index contributed by atoms with van der Waals surface area (Å²) >= 11 is 5.81. The second-order valence-electron chi connectivity index (χ2n) is 3.81. The van der Waals surface area contributed by atoms with Gasteiger partial charge in [-0.05, 0) is 36.5 Å². The van der Waals surface area contributed by atoms with Gasteiger partial charge in [0.25, 0.3) is 0 Å². The standard InChI is InChI=1S/C11H14ClNO/c12-10-4-3-9(5-11(10)13)7-14-6-8-1-2-8/h3-5,8H,1-2,6-7,13H2. The largest absolute Gasteiger partial charge is 0.398 e. The molecule has 1 aromatic rings. The van der Waals surface area contributed by atoms with Crippen molar-refractivity contribution in [1.82, 2.24) is 0 Å². The van der Waals surface area contributed by atoms with Gasteiger partial charge in [-0.1, -0.05) is 17.7 Å². The normalized spacial score (nSPS) is 15.8. The fraction of sp³-hybridized carbons (Fsp3) is 0.455. The summed E-state index contributed by atoms with van der Waals surface area (Å²) in [5, 5.41) is 0.607. The Morgan fingerprint density at radius 3 is 2.86 bits per heavy atom. The van der Waals surface area contributed by atoms with E-state index in [4.69, 9.17) is 22.1 Å². The van der Waals surface area contributed by atoms with E-state index in [0.29, 0.717) is 17.3 Å². The molecule has 0 atom stereocenters. The number of hydrogen-bond acceptors (Lipinski definition) is 2. The van der Waals surface area contributed by atoms with E-state index in [0.717, 1.165) is 18.1 Å². The van der Waals surface area contributed by atoms with Crippen molar-refractivity contribution in [2.45, 2.75) is 19.4 Å². The van der Waals surface area contributed by atoms with Gasteiger partial charge in [-0.15, -0.1) is 0 Å². The molecule has 0 spiro atoms. The molecule has 3 heteroatoms. The van der Waals surface area contributed by atoms with Gasteiger partial charge in [0, 0.05) is 6.61 Å². The number of ether oxygens (including phenoxy) is 1. The Kier molecular flexibility index (Phi) is 2.94. The van der Waals surface area contributed by atoms with Gasteiger partial charge in [0.05, 0.1) is 17.3 Å². The van der Waals surface area contributed by atoms with Crippen LogP contribution in [0.15, 0.2) is 18.2 Å². The molecule has 14 heavy (non-hydrogen) atoms. The van der Waals surface area contributed by atoms with Crippen molar-refractivity contribution >= 4 is 17.3 Å². The van der Waals surface area contributed by atoms with E-state index in [-0.39, 0.29) is 0 Å². The van der Waals surface area contributed by atoms with E-state index < -0.39 is 0 Å². The summed E-state index contributed by atoms with van der Waals surface area (Å²) in [7, 11) is 0. The Bertz CT molecular complexity index is 323. The minimum atomic E-state index is 0.607. The lowest BCUT2D eigenvalue weighted by atomic mass is 10.2. The van der Waals surface area contributed by atoms with Crippen LogP contribution in [0.5, 0.6) is 0 Å². The Labute approximate surface area is 89.0 Å². The van der Waals surface area contributed by atoms with E-state index in [1.807, 2.05) is 18.2 Å². The zero-order valence-corrected chi connectivity index (χ0v) is 8.76. The van der Waals surface area contributed by atoms with Crippen molar-refractivity contribution in [3.63, 3.8) is 0 Å². The summed E-state index contributed by atoms with van der Waals surface area (Å²) < 4.78 is 5.54. The maximum Gasteiger partial charge on any atom is 0.0717 e. The zero-order chi connectivity index (χ0) is 9.97. The number of halogens is 1. The topological polar surface area (TPSA) is 35.2 Å². The monoisotopic (exact) mass is 211 g/mol. The summed E-state index contributed by atoms with van der Waals surface area (Å²) in [6.45, 7) is 1.51. The molecule has 0 aromatic heterocycles. The molecule has 0 aliphatic heterocycles. The predicted molar refractivity (Wildman–Crippen MR) is 58.2 cm³/mol. The van der Waals surface area contributed by atoms with Gasteiger partial charge in [0.2, 0.25) is 0 Å². The lowest BCUT2D eigenvalue weighted by Gasteiger charge is -2.05. The second kappa shape index (κ2) is 4.20. The highest BCUT2D eigenvalue weighted by Gasteiger charge is 2.20. The first kappa shape index (κ1) is 9.81. The van der Waals surface area contributed by atoms with Crippen molar-refractivity contribution in [2.75, 3.05) is 12.3 Å². The molecule has 1 aliphatic carbocycles. The third-order valence-electron chi connectivity index (χ3n) is 2.38. The van der Waals surface area contributed by atoms with Gasteiger partial charge in [0.1, 0.15) is 0 Å². The molecule has 0 radical (unpaired) electrons. The third kappa shape index (κ3) is 2.63. The first-order chi connectivity index (χ1) is 6.75. The lowest BCUT2D eigenvalue weighted by Crippen LogP contribution is -1.97. The Morgan fingerprint density at radius 1 is 1.43 bits per heavy atom. The number of anilines is 1. The van der Waals surface area contributed by atoms with Crippen LogP contribution in [-0.2, 0) is 11.3 Å². The molecule has 0 saturated heterocycles. The van der Waals surface area contributed by atoms with Gasteiger partial charge in [-0.2, -0.15) is 0 Å². The number of rotatable bonds is 4. The molecule has 0 bridgehead atoms. The molecule has 2 nitrogen and oxygen atoms in total. The van der Waals surface area contributed by atoms with Crippen LogP contribution in [0.3, 0.4) is 0 Å². The van der Waals surface area contributed by atoms with E-state index >= 15 is 0 Å². The molecule has 0 unspecified atom stereocenters. The Hall–Kier alpha value is -0.730. The highest BCUT2D eigenvalue weighted by Crippen LogP contribution is 2.29. The molecular weight excluding hydrogens is 198 g/mol. The van der Waals surface area contributed by atoms with Gasteiger partial charge in [-0.25, -0.2) is 0 Å². The maximum absolute atomic E-state index is 5.81. The van der Waals surface area contributed by atoms with Crippen molar-refractivity contribution in [3.8, 4) is 0 Å². The predicted octanol–water partition coefficient (Wildman–Crippen LogP) is 2.85. The number of nitrogens with two attached hydrogens (primary N) is 1. The smallest absolute Gasteiger partial charge is 0.0717 e. The number of hydrogen-bond donors (Lipinski definition) is 1. The fourth-order valence-electron chi connectivity index (χ4n) is 1.31. The maximum atomic E-state index is 5.81. The molecule has 2 N–H and O–H groups in total. The Balaban J connectivity index is 1.85. The highest BCUT2D eigenvalue weighted by atomic mass is 35.5. The van der Waals surface area contributed by atoms with Crippen LogP contribution in [0.25, 0.3) is 0 Å². The van der Waals surface area contributed by atoms with Crippen LogP contribution >= 0.6 is 11.6 Å². The number of benzene rings is 1. The van der Waals surface area contributed by atoms with Gasteiger partial charge in [0.15, 0.2) is 0 Å². The van der Waals surface area contributed by atoms with E-state index in [2.05, 4.69) is 0 Å². The van der Waals surface area contributed by atoms with Crippen LogP contribution < -0.4 is 5.73 Å². The molecule has 76 valence electrons. The van der Waals surface area contributed by atoms with E-state index in [1.165, 1.54) is 12.8 Å². The molecule has 1 saturated carbocycles. The summed E-state index contributed by atoms with van der Waals surface area (Å²) in [6.07, 6.45) is 2.64. The van der Waals surface area contributed by atoms with Crippen LogP contribution in [0.4, 0.5) is 5.69 Å². The first-order valence-corrected chi connectivity index (χ1v) is 5.25. The molecule has 0 heterocycles. The first-order valence-electron chi connectivity index (χ1n) is 4.87. The van der Waals surface area contributed by atoms with Gasteiger partial charge < -0.3 is 10.5 Å². The fourth-order valence-corrected chi connectivity index (χ4v) is 1.43. The summed E-state index contributed by atoms with van der Waals surface area (Å²) in [5.41, 5.74) is 7.39. The van der Waals surface area contributed by atoms with Gasteiger partial charge >= 0.3 is 0 Å². The van der Waals surface area contributed by atoms with Crippen molar-refractivity contribution < 1.29 is 4.74 Å². The average Bonchev–Trinajstić information content (AvgIpc) is 2.95. The van der Waals surface area contributed by atoms with Crippen LogP contribution in [0, 0.1) is 5.92 Å². The average molecular weight is 212 g/mol. The Morgan fingerprint density at radius 2 is 2.21 bits per heavy atom. The molecule has 1 aliphatic rings. The van der Waals surface area contributed by atoms with E-state index in [1.54, 1.807) is 0 Å². The van der Waals surface area contributed by atoms with Crippen molar-refractivity contribution in [2.24, 2.45) is 5.92 Å². The van der Waals surface area contributed by atoms with Crippen LogP contribution in [-0.4, -0.2) is 6.61 Å². The molecule has 1 fully saturated rings. The summed E-state index contributed by atoms with van der Waals surface area (Å²) in [6, 6.07) is 5.63. The van der Waals surface area contributed by atoms with Crippen molar-refractivity contribution in [3.05, 3.63) is 28.8 Å². The van der Waals surface area contributed by atoms with Crippen molar-refractivity contribution in [1.29, 1.82) is 0 Å². The quantitative estimate of drug-likeness (QED) is 0.778. The minimum Gasteiger partial charge on any atom is -0.398 e. The summed E-state index contributed by atoms with van der Waals surface area (Å²) in [4.78, 5) is 0. The van der Waals surface area contributed by atoms with Crippen LogP contribution in [0.2, 0.25) is 5.02 Å². The highest BCUT2D eigenvalue weighted by molar-refractivity contribution is 6.33.